The highest BCUT2D eigenvalue weighted by atomic mass is 127. The average Bonchev–Trinajstić information content (AvgIpc) is 2.04. The summed E-state index contributed by atoms with van der Waals surface area (Å²) in [5.74, 6) is 0.903. The fourth-order valence-corrected chi connectivity index (χ4v) is 0.850. The van der Waals surface area contributed by atoms with E-state index in [4.69, 9.17) is 4.74 Å². The first-order chi connectivity index (χ1) is 6.06. The molecular formula is C10H15IO2. The highest BCUT2D eigenvalue weighted by molar-refractivity contribution is 14.1. The number of allylic oxidation sites excluding steroid dienone is 4. The Morgan fingerprint density at radius 1 is 1.38 bits per heavy atom. The third-order valence-corrected chi connectivity index (χ3v) is 1.67. The van der Waals surface area contributed by atoms with Crippen LogP contribution in [0.25, 0.3) is 0 Å². The summed E-state index contributed by atoms with van der Waals surface area (Å²) < 4.78 is 6.46. The van der Waals surface area contributed by atoms with E-state index in [0.29, 0.717) is 0 Å². The average molecular weight is 294 g/mol. The molecule has 0 radical (unpaired) electrons. The summed E-state index contributed by atoms with van der Waals surface area (Å²) in [6.45, 7) is 5.71. The molecule has 0 aromatic heterocycles. The normalized spacial score (nSPS) is 12.9. The molecule has 0 atom stereocenters. The predicted molar refractivity (Wildman–Crippen MR) is 62.8 cm³/mol. The van der Waals surface area contributed by atoms with Gasteiger partial charge in [-0.1, -0.05) is 6.92 Å². The van der Waals surface area contributed by atoms with Gasteiger partial charge in [-0.3, -0.25) is 4.79 Å². The van der Waals surface area contributed by atoms with Crippen LogP contribution in [-0.4, -0.2) is 12.4 Å². The van der Waals surface area contributed by atoms with Crippen LogP contribution in [0.3, 0.4) is 0 Å². The lowest BCUT2D eigenvalue weighted by Gasteiger charge is -2.04. The van der Waals surface area contributed by atoms with Gasteiger partial charge in [0.15, 0.2) is 5.78 Å². The van der Waals surface area contributed by atoms with Crippen LogP contribution in [0.2, 0.25) is 0 Å². The molecule has 0 unspecified atom stereocenters. The molecule has 2 nitrogen and oxygen atoms in total. The summed E-state index contributed by atoms with van der Waals surface area (Å²) in [6.07, 6.45) is 4.69. The van der Waals surface area contributed by atoms with Crippen molar-refractivity contribution in [2.45, 2.75) is 27.2 Å². The third kappa shape index (κ3) is 8.02. The smallest absolute Gasteiger partial charge is 0.167 e. The molecule has 0 heterocycles. The summed E-state index contributed by atoms with van der Waals surface area (Å²) in [7, 11) is 0. The maximum absolute atomic E-state index is 10.6. The molecule has 3 heteroatoms. The van der Waals surface area contributed by atoms with E-state index in [-0.39, 0.29) is 12.4 Å². The van der Waals surface area contributed by atoms with Gasteiger partial charge in [-0.15, -0.1) is 0 Å². The second kappa shape index (κ2) is 7.12. The number of Topliss-reactive ketones (excluding diaryl/α,β-unsaturated/α-hetero) is 1. The second-order valence-electron chi connectivity index (χ2n) is 2.73. The Balaban J connectivity index is 4.10. The Kier molecular flexibility index (Phi) is 6.94. The number of carbonyl (C=O) groups excluding carboxylic acids is 1. The molecule has 0 aliphatic heterocycles. The van der Waals surface area contributed by atoms with E-state index >= 15 is 0 Å². The zero-order valence-electron chi connectivity index (χ0n) is 8.26. The molecule has 0 rings (SSSR count). The second-order valence-corrected chi connectivity index (χ2v) is 4.43. The Hall–Kier alpha value is -0.320. The first kappa shape index (κ1) is 12.7. The van der Waals surface area contributed by atoms with Gasteiger partial charge in [0.1, 0.15) is 6.61 Å². The van der Waals surface area contributed by atoms with Crippen molar-refractivity contribution in [3.8, 4) is 0 Å². The summed E-state index contributed by atoms with van der Waals surface area (Å²) in [6, 6.07) is 0. The van der Waals surface area contributed by atoms with Crippen LogP contribution in [-0.2, 0) is 9.53 Å². The Morgan fingerprint density at radius 2 is 2.00 bits per heavy atom. The van der Waals surface area contributed by atoms with Crippen molar-refractivity contribution in [1.82, 2.24) is 0 Å². The third-order valence-electron chi connectivity index (χ3n) is 1.31. The van der Waals surface area contributed by atoms with E-state index in [1.807, 2.05) is 26.0 Å². The van der Waals surface area contributed by atoms with Crippen molar-refractivity contribution in [3.63, 3.8) is 0 Å². The van der Waals surface area contributed by atoms with E-state index in [2.05, 4.69) is 22.6 Å². The maximum atomic E-state index is 10.6. The van der Waals surface area contributed by atoms with Crippen molar-refractivity contribution in [1.29, 1.82) is 0 Å². The van der Waals surface area contributed by atoms with Crippen LogP contribution in [0.15, 0.2) is 21.5 Å². The van der Waals surface area contributed by atoms with E-state index in [1.165, 1.54) is 10.5 Å². The summed E-state index contributed by atoms with van der Waals surface area (Å²) in [4.78, 5) is 10.6. The zero-order chi connectivity index (χ0) is 10.3. The van der Waals surface area contributed by atoms with Crippen LogP contribution in [0.5, 0.6) is 0 Å². The van der Waals surface area contributed by atoms with E-state index in [1.54, 1.807) is 0 Å². The Bertz CT molecular complexity index is 225. The number of ether oxygens (including phenoxy) is 1. The van der Waals surface area contributed by atoms with Crippen LogP contribution < -0.4 is 0 Å². The van der Waals surface area contributed by atoms with E-state index in [9.17, 15) is 4.79 Å². The van der Waals surface area contributed by atoms with Crippen molar-refractivity contribution >= 4 is 28.4 Å². The summed E-state index contributed by atoms with van der Waals surface area (Å²) in [5.41, 5.74) is 0. The highest BCUT2D eigenvalue weighted by Crippen LogP contribution is 2.08. The summed E-state index contributed by atoms with van der Waals surface area (Å²) >= 11 is 2.23. The topological polar surface area (TPSA) is 26.3 Å². The van der Waals surface area contributed by atoms with Crippen molar-refractivity contribution in [3.05, 3.63) is 21.5 Å². The van der Waals surface area contributed by atoms with Gasteiger partial charge in [0.05, 0.1) is 5.76 Å². The Morgan fingerprint density at radius 3 is 2.38 bits per heavy atom. The zero-order valence-corrected chi connectivity index (χ0v) is 10.4. The van der Waals surface area contributed by atoms with Crippen LogP contribution >= 0.6 is 22.6 Å². The molecule has 0 aliphatic carbocycles. The number of rotatable bonds is 5. The molecule has 0 saturated heterocycles. The first-order valence-corrected chi connectivity index (χ1v) is 5.29. The van der Waals surface area contributed by atoms with Gasteiger partial charge in [0.2, 0.25) is 0 Å². The number of hydrogen-bond acceptors (Lipinski definition) is 2. The fraction of sp³-hybridized carbons (Fsp3) is 0.500. The minimum Gasteiger partial charge on any atom is -0.490 e. The molecule has 0 aromatic carbocycles. The fourth-order valence-electron chi connectivity index (χ4n) is 0.670. The van der Waals surface area contributed by atoms with Crippen LogP contribution in [0.4, 0.5) is 0 Å². The van der Waals surface area contributed by atoms with E-state index < -0.39 is 0 Å². The monoisotopic (exact) mass is 294 g/mol. The molecule has 0 spiro atoms. The van der Waals surface area contributed by atoms with Crippen LogP contribution in [0, 0.1) is 0 Å². The van der Waals surface area contributed by atoms with Gasteiger partial charge in [-0.25, -0.2) is 0 Å². The Labute approximate surface area is 93.2 Å². The molecule has 0 aromatic rings. The molecule has 0 aliphatic rings. The van der Waals surface area contributed by atoms with Crippen molar-refractivity contribution < 1.29 is 9.53 Å². The van der Waals surface area contributed by atoms with Gasteiger partial charge >= 0.3 is 0 Å². The number of ketones is 1. The minimum atomic E-state index is 0.0505. The molecule has 0 N–H and O–H groups in total. The summed E-state index contributed by atoms with van der Waals surface area (Å²) in [5, 5.41) is 0. The highest BCUT2D eigenvalue weighted by Gasteiger charge is 1.96. The number of hydrogen-bond donors (Lipinski definition) is 0. The molecule has 13 heavy (non-hydrogen) atoms. The van der Waals surface area contributed by atoms with E-state index in [0.717, 1.165) is 12.2 Å². The largest absolute Gasteiger partial charge is 0.490 e. The SMILES string of the molecule is CC/C(=C\C=C(/C)I)OCC(C)=O. The predicted octanol–water partition coefficient (Wildman–Crippen LogP) is 3.22. The lowest BCUT2D eigenvalue weighted by atomic mass is 10.3. The lowest BCUT2D eigenvalue weighted by molar-refractivity contribution is -0.120. The van der Waals surface area contributed by atoms with Gasteiger partial charge < -0.3 is 4.74 Å². The van der Waals surface area contributed by atoms with Gasteiger partial charge in [-0.2, -0.15) is 0 Å². The van der Waals surface area contributed by atoms with Gasteiger partial charge in [0, 0.05) is 6.42 Å². The molecular weight excluding hydrogens is 279 g/mol. The van der Waals surface area contributed by atoms with Crippen molar-refractivity contribution in [2.24, 2.45) is 0 Å². The maximum Gasteiger partial charge on any atom is 0.167 e. The molecule has 0 amide bonds. The molecule has 74 valence electrons. The number of carbonyl (C=O) groups is 1. The number of halogens is 1. The standard InChI is InChI=1S/C10H15IO2/c1-4-10(6-5-8(2)11)13-7-9(3)12/h5-6H,4,7H2,1-3H3/b8-5+,10-6+. The quantitative estimate of drug-likeness (QED) is 0.442. The molecule has 0 saturated carbocycles. The first-order valence-electron chi connectivity index (χ1n) is 4.21. The van der Waals surface area contributed by atoms with Crippen LogP contribution in [0.1, 0.15) is 27.2 Å². The van der Waals surface area contributed by atoms with Gasteiger partial charge in [0.25, 0.3) is 0 Å². The molecule has 0 bridgehead atoms. The molecule has 0 fully saturated rings. The minimum absolute atomic E-state index is 0.0505. The van der Waals surface area contributed by atoms with Crippen molar-refractivity contribution in [2.75, 3.05) is 6.61 Å². The van der Waals surface area contributed by atoms with Gasteiger partial charge in [-0.05, 0) is 52.2 Å². The lowest BCUT2D eigenvalue weighted by Crippen LogP contribution is -2.03.